The monoisotopic (exact) mass is 734 g/mol. The molecule has 0 aliphatic heterocycles. The minimum atomic E-state index is 1.16. The first-order valence-electron chi connectivity index (χ1n) is 20.1. The number of aromatic nitrogens is 2. The summed E-state index contributed by atoms with van der Waals surface area (Å²) in [4.78, 5) is 0. The molecule has 0 unspecified atom stereocenters. The molecular formula is C56H34N2. The van der Waals surface area contributed by atoms with Crippen molar-refractivity contribution < 1.29 is 0 Å². The van der Waals surface area contributed by atoms with Crippen molar-refractivity contribution >= 4 is 97.5 Å². The lowest BCUT2D eigenvalue weighted by molar-refractivity contribution is 1.19. The first-order chi connectivity index (χ1) is 28.8. The van der Waals surface area contributed by atoms with Gasteiger partial charge in [-0.15, -0.1) is 0 Å². The highest BCUT2D eigenvalue weighted by atomic mass is 15.0. The maximum atomic E-state index is 2.54. The first kappa shape index (κ1) is 31.5. The van der Waals surface area contributed by atoms with E-state index in [0.29, 0.717) is 0 Å². The summed E-state index contributed by atoms with van der Waals surface area (Å²) >= 11 is 0. The molecule has 0 spiro atoms. The summed E-state index contributed by atoms with van der Waals surface area (Å²) in [5.74, 6) is 0. The predicted octanol–water partition coefficient (Wildman–Crippen LogP) is 15.3. The van der Waals surface area contributed by atoms with E-state index in [4.69, 9.17) is 0 Å². The summed E-state index contributed by atoms with van der Waals surface area (Å²) < 4.78 is 5.08. The molecule has 2 aromatic heterocycles. The lowest BCUT2D eigenvalue weighted by Gasteiger charge is -2.17. The lowest BCUT2D eigenvalue weighted by Crippen LogP contribution is -1.97. The van der Waals surface area contributed by atoms with E-state index in [1.165, 1.54) is 109 Å². The van der Waals surface area contributed by atoms with Crippen molar-refractivity contribution in [3.05, 3.63) is 206 Å². The summed E-state index contributed by atoms with van der Waals surface area (Å²) in [6.07, 6.45) is 0. The van der Waals surface area contributed by atoms with Crippen LogP contribution in [-0.2, 0) is 0 Å². The Morgan fingerprint density at radius 1 is 0.241 bits per heavy atom. The molecule has 2 heteroatoms. The smallest absolute Gasteiger partial charge is 0.0632 e. The van der Waals surface area contributed by atoms with Gasteiger partial charge in [0.2, 0.25) is 0 Å². The molecule has 0 atom stereocenters. The fourth-order valence-electron chi connectivity index (χ4n) is 10.1. The van der Waals surface area contributed by atoms with Crippen LogP contribution in [0.3, 0.4) is 0 Å². The van der Waals surface area contributed by atoms with Gasteiger partial charge in [0.1, 0.15) is 0 Å². The fraction of sp³-hybridized carbons (Fsp3) is 0. The van der Waals surface area contributed by atoms with Gasteiger partial charge in [-0.1, -0.05) is 164 Å². The van der Waals surface area contributed by atoms with Gasteiger partial charge in [-0.05, 0) is 91.3 Å². The molecule has 11 aromatic carbocycles. The molecule has 0 aliphatic rings. The van der Waals surface area contributed by atoms with E-state index >= 15 is 0 Å². The third kappa shape index (κ3) is 4.32. The maximum absolute atomic E-state index is 2.54. The van der Waals surface area contributed by atoms with Gasteiger partial charge in [-0.2, -0.15) is 0 Å². The van der Waals surface area contributed by atoms with E-state index in [9.17, 15) is 0 Å². The van der Waals surface area contributed by atoms with Crippen LogP contribution >= 0.6 is 0 Å². The van der Waals surface area contributed by atoms with E-state index in [1.54, 1.807) is 0 Å². The van der Waals surface area contributed by atoms with Crippen LogP contribution in [-0.4, -0.2) is 9.13 Å². The third-order valence-electron chi connectivity index (χ3n) is 12.6. The number of hydrogen-bond acceptors (Lipinski definition) is 0. The molecule has 0 N–H and O–H groups in total. The first-order valence-corrected chi connectivity index (χ1v) is 20.1. The zero-order chi connectivity index (χ0) is 37.9. The van der Waals surface area contributed by atoms with Crippen LogP contribution in [0.1, 0.15) is 0 Å². The van der Waals surface area contributed by atoms with E-state index in [2.05, 4.69) is 215 Å². The number of fused-ring (bicyclic) bond motifs is 17. The molecule has 0 aliphatic carbocycles. The van der Waals surface area contributed by atoms with Crippen molar-refractivity contribution in [3.63, 3.8) is 0 Å². The van der Waals surface area contributed by atoms with Gasteiger partial charge in [0.05, 0.1) is 22.1 Å². The van der Waals surface area contributed by atoms with Crippen LogP contribution in [0.4, 0.5) is 0 Å². The highest BCUT2D eigenvalue weighted by Gasteiger charge is 2.26. The molecule has 58 heavy (non-hydrogen) atoms. The number of rotatable bonds is 3. The average Bonchev–Trinajstić information content (AvgIpc) is 3.82. The Balaban J connectivity index is 1.32. The summed E-state index contributed by atoms with van der Waals surface area (Å²) in [5.41, 5.74) is 9.63. The summed E-state index contributed by atoms with van der Waals surface area (Å²) in [5, 5.41) is 17.6. The predicted molar refractivity (Wildman–Crippen MR) is 248 cm³/mol. The SMILES string of the molecule is c1ccc(-c2ccc3c(c2)c2c4c5ccccc5c5c6ccccc6n(-c6ccc7ccccc7c6)c5c4c4ccccc4c2n3-c2ccc3ccccc3c2)cc1. The van der Waals surface area contributed by atoms with Crippen LogP contribution in [0.15, 0.2) is 206 Å². The minimum absolute atomic E-state index is 1.16. The summed E-state index contributed by atoms with van der Waals surface area (Å²) in [6.45, 7) is 0. The molecule has 2 nitrogen and oxygen atoms in total. The highest BCUT2D eigenvalue weighted by Crippen LogP contribution is 2.51. The highest BCUT2D eigenvalue weighted by molar-refractivity contribution is 6.44. The summed E-state index contributed by atoms with van der Waals surface area (Å²) in [7, 11) is 0. The van der Waals surface area contributed by atoms with Gasteiger partial charge >= 0.3 is 0 Å². The van der Waals surface area contributed by atoms with Crippen molar-refractivity contribution in [2.45, 2.75) is 0 Å². The second-order valence-corrected chi connectivity index (χ2v) is 15.6. The van der Waals surface area contributed by atoms with Crippen molar-refractivity contribution in [1.29, 1.82) is 0 Å². The maximum Gasteiger partial charge on any atom is 0.0632 e. The third-order valence-corrected chi connectivity index (χ3v) is 12.6. The molecule has 0 bridgehead atoms. The molecular weight excluding hydrogens is 701 g/mol. The Bertz CT molecular complexity index is 3850. The minimum Gasteiger partial charge on any atom is -0.309 e. The zero-order valence-electron chi connectivity index (χ0n) is 31.5. The van der Waals surface area contributed by atoms with Gasteiger partial charge in [-0.25, -0.2) is 0 Å². The average molecular weight is 735 g/mol. The molecule has 268 valence electrons. The van der Waals surface area contributed by atoms with Gasteiger partial charge in [-0.3, -0.25) is 0 Å². The van der Waals surface area contributed by atoms with E-state index in [-0.39, 0.29) is 0 Å². The summed E-state index contributed by atoms with van der Waals surface area (Å²) in [6, 6.07) is 76.3. The van der Waals surface area contributed by atoms with Crippen molar-refractivity contribution in [2.75, 3.05) is 0 Å². The van der Waals surface area contributed by atoms with Gasteiger partial charge in [0.25, 0.3) is 0 Å². The number of hydrogen-bond donors (Lipinski definition) is 0. The Morgan fingerprint density at radius 2 is 0.724 bits per heavy atom. The Hall–Kier alpha value is -7.68. The van der Waals surface area contributed by atoms with Crippen molar-refractivity contribution in [1.82, 2.24) is 9.13 Å². The van der Waals surface area contributed by atoms with Crippen LogP contribution in [0.2, 0.25) is 0 Å². The number of nitrogens with zero attached hydrogens (tertiary/aromatic N) is 2. The fourth-order valence-corrected chi connectivity index (χ4v) is 10.1. The van der Waals surface area contributed by atoms with Crippen LogP contribution < -0.4 is 0 Å². The number of para-hydroxylation sites is 1. The molecule has 13 aromatic rings. The van der Waals surface area contributed by atoms with E-state index in [1.807, 2.05) is 0 Å². The lowest BCUT2D eigenvalue weighted by atomic mass is 9.89. The molecule has 0 saturated heterocycles. The molecule has 0 amide bonds. The van der Waals surface area contributed by atoms with Crippen molar-refractivity contribution in [2.24, 2.45) is 0 Å². The molecule has 2 heterocycles. The van der Waals surface area contributed by atoms with Gasteiger partial charge in [0, 0.05) is 49.1 Å². The Kier molecular flexibility index (Phi) is 6.47. The van der Waals surface area contributed by atoms with Crippen LogP contribution in [0, 0.1) is 0 Å². The topological polar surface area (TPSA) is 9.86 Å². The van der Waals surface area contributed by atoms with Crippen LogP contribution in [0.25, 0.3) is 120 Å². The van der Waals surface area contributed by atoms with Crippen LogP contribution in [0.5, 0.6) is 0 Å². The van der Waals surface area contributed by atoms with Gasteiger partial charge < -0.3 is 9.13 Å². The normalized spacial score (nSPS) is 12.1. The van der Waals surface area contributed by atoms with E-state index in [0.717, 1.165) is 11.4 Å². The standard InChI is InChI=1S/C56H34N2/c1-2-14-35(15-3-1)40-28-31-50-48(34-40)54-52-44-21-9-8-20-43(44)51-47-24-12-13-25-49(47)58(42-30-27-37-17-5-7-19-39(37)33-42)56(51)53(52)45-22-10-11-23-46(45)55(54)57(50)41-29-26-36-16-4-6-18-38(36)32-41/h1-34H. The molecule has 0 saturated carbocycles. The Morgan fingerprint density at radius 3 is 1.40 bits per heavy atom. The molecule has 0 radical (unpaired) electrons. The largest absolute Gasteiger partial charge is 0.309 e. The van der Waals surface area contributed by atoms with E-state index < -0.39 is 0 Å². The molecule has 0 fully saturated rings. The zero-order valence-corrected chi connectivity index (χ0v) is 31.5. The second-order valence-electron chi connectivity index (χ2n) is 15.6. The van der Waals surface area contributed by atoms with Gasteiger partial charge in [0.15, 0.2) is 0 Å². The second kappa shape index (κ2) is 11.9. The number of benzene rings is 11. The van der Waals surface area contributed by atoms with Crippen molar-refractivity contribution in [3.8, 4) is 22.5 Å². The molecule has 13 rings (SSSR count). The Labute approximate surface area is 334 Å². The quantitative estimate of drug-likeness (QED) is 0.160.